The number of thiazole rings is 1. The number of aliphatic carboxylic acids is 1. The predicted octanol–water partition coefficient (Wildman–Crippen LogP) is 6.24. The van der Waals surface area contributed by atoms with Crippen LogP contribution in [-0.2, 0) is 27.3 Å². The maximum atomic E-state index is 14.7. The predicted molar refractivity (Wildman–Crippen MR) is 211 cm³/mol. The summed E-state index contributed by atoms with van der Waals surface area (Å²) in [5.74, 6) is -3.06. The van der Waals surface area contributed by atoms with Gasteiger partial charge in [-0.05, 0) is 62.2 Å². The molecule has 0 radical (unpaired) electrons. The molecule has 54 heavy (non-hydrogen) atoms. The first-order chi connectivity index (χ1) is 25.8. The molecule has 1 aliphatic rings. The molecule has 1 fully saturated rings. The van der Waals surface area contributed by atoms with Gasteiger partial charge in [0.2, 0.25) is 11.8 Å². The number of hydrogen-bond acceptors (Lipinski definition) is 8. The van der Waals surface area contributed by atoms with Gasteiger partial charge in [0.1, 0.15) is 11.7 Å². The van der Waals surface area contributed by atoms with E-state index in [0.29, 0.717) is 12.8 Å². The summed E-state index contributed by atoms with van der Waals surface area (Å²) in [5.41, 5.74) is 1.94. The number of nitrogens with zero attached hydrogens (tertiary/aromatic N) is 3. The molecule has 6 unspecified atom stereocenters. The first-order valence-corrected chi connectivity index (χ1v) is 20.1. The molecule has 11 nitrogen and oxygen atoms in total. The quantitative estimate of drug-likeness (QED) is 0.122. The van der Waals surface area contributed by atoms with Crippen LogP contribution in [0.3, 0.4) is 0 Å². The average molecular weight is 760 g/mol. The number of ketones is 1. The Hall–Kier alpha value is -4.42. The Bertz CT molecular complexity index is 1700. The van der Waals surface area contributed by atoms with E-state index < -0.39 is 35.9 Å². The fourth-order valence-corrected chi connectivity index (χ4v) is 7.77. The van der Waals surface area contributed by atoms with Gasteiger partial charge < -0.3 is 20.6 Å². The Kier molecular flexibility index (Phi) is 15.9. The van der Waals surface area contributed by atoms with Crippen LogP contribution in [0.15, 0.2) is 66.0 Å². The standard InChI is InChI=1S/C42H57N5O6S/c1-7-28(4)37(45-39(50)34-20-14-15-21-46(34)6)41(51)47(25-31-18-12-9-13-19-31)35(27(2)3)24-36(48)40-44-33(26-54-40)38(49)43-32(22-29(5)42(52)53)23-30-16-10-8-11-17-30/h8-13,16-19,26-29,32,34-35,37H,7,14-15,20-25H2,1-6H3,(H,43,49)(H,45,50)(H,52,53). The number of aromatic nitrogens is 1. The molecular formula is C42H57N5O6S. The highest BCUT2D eigenvalue weighted by atomic mass is 32.1. The van der Waals surface area contributed by atoms with E-state index in [1.165, 1.54) is 5.38 Å². The molecule has 3 aromatic rings. The van der Waals surface area contributed by atoms with Crippen LogP contribution in [-0.4, -0.2) is 87.1 Å². The van der Waals surface area contributed by atoms with E-state index in [1.54, 1.807) is 11.8 Å². The fraction of sp³-hybridized carbons (Fsp3) is 0.524. The molecular weight excluding hydrogens is 703 g/mol. The van der Waals surface area contributed by atoms with Crippen molar-refractivity contribution in [3.63, 3.8) is 0 Å². The number of rotatable bonds is 19. The summed E-state index contributed by atoms with van der Waals surface area (Å²) >= 11 is 1.07. The smallest absolute Gasteiger partial charge is 0.306 e. The normalized spacial score (nSPS) is 17.5. The number of benzene rings is 2. The van der Waals surface area contributed by atoms with Crippen LogP contribution < -0.4 is 10.6 Å². The van der Waals surface area contributed by atoms with Gasteiger partial charge >= 0.3 is 5.97 Å². The number of likely N-dealkylation sites (N-methyl/N-ethyl adjacent to an activating group) is 1. The largest absolute Gasteiger partial charge is 0.481 e. The summed E-state index contributed by atoms with van der Waals surface area (Å²) in [6.45, 7) is 10.6. The van der Waals surface area contributed by atoms with Crippen molar-refractivity contribution >= 4 is 40.8 Å². The highest BCUT2D eigenvalue weighted by Gasteiger charge is 2.38. The number of carbonyl (C=O) groups is 5. The molecule has 1 aromatic heterocycles. The van der Waals surface area contributed by atoms with E-state index in [9.17, 15) is 29.1 Å². The van der Waals surface area contributed by atoms with E-state index in [4.69, 9.17) is 0 Å². The van der Waals surface area contributed by atoms with Crippen LogP contribution in [0.5, 0.6) is 0 Å². The fourth-order valence-electron chi connectivity index (χ4n) is 7.02. The van der Waals surface area contributed by atoms with Crippen LogP contribution in [0.1, 0.15) is 105 Å². The molecule has 1 aliphatic heterocycles. The van der Waals surface area contributed by atoms with Crippen LogP contribution in [0.4, 0.5) is 0 Å². The molecule has 12 heteroatoms. The zero-order chi connectivity index (χ0) is 39.4. The van der Waals surface area contributed by atoms with E-state index >= 15 is 0 Å². The monoisotopic (exact) mass is 759 g/mol. The van der Waals surface area contributed by atoms with Gasteiger partial charge in [0.25, 0.3) is 5.91 Å². The molecule has 0 saturated carbocycles. The van der Waals surface area contributed by atoms with Gasteiger partial charge in [-0.25, -0.2) is 4.98 Å². The second kappa shape index (κ2) is 20.3. The molecule has 2 aromatic carbocycles. The van der Waals surface area contributed by atoms with Gasteiger partial charge in [-0.3, -0.25) is 28.9 Å². The highest BCUT2D eigenvalue weighted by Crippen LogP contribution is 2.26. The number of carboxylic acid groups (broad SMARTS) is 1. The van der Waals surface area contributed by atoms with Gasteiger partial charge in [-0.1, -0.05) is 108 Å². The summed E-state index contributed by atoms with van der Waals surface area (Å²) in [4.78, 5) is 75.7. The molecule has 0 spiro atoms. The summed E-state index contributed by atoms with van der Waals surface area (Å²) in [7, 11) is 1.95. The lowest BCUT2D eigenvalue weighted by molar-refractivity contribution is -0.142. The van der Waals surface area contributed by atoms with Crippen LogP contribution >= 0.6 is 11.3 Å². The first-order valence-electron chi connectivity index (χ1n) is 19.2. The van der Waals surface area contributed by atoms with Crippen LogP contribution in [0, 0.1) is 17.8 Å². The molecule has 3 amide bonds. The van der Waals surface area contributed by atoms with Gasteiger partial charge in [0.15, 0.2) is 10.8 Å². The minimum absolute atomic E-state index is 0.0237. The third-order valence-electron chi connectivity index (χ3n) is 10.6. The number of Topliss-reactive ketones (excluding diaryl/α,β-unsaturated/α-hetero) is 1. The highest BCUT2D eigenvalue weighted by molar-refractivity contribution is 7.12. The number of piperidine rings is 1. The molecule has 0 bridgehead atoms. The Balaban J connectivity index is 1.56. The Morgan fingerprint density at radius 1 is 0.944 bits per heavy atom. The van der Waals surface area contributed by atoms with E-state index in [2.05, 4.69) is 20.5 Å². The van der Waals surface area contributed by atoms with Gasteiger partial charge in [0.05, 0.1) is 12.0 Å². The first kappa shape index (κ1) is 42.3. The van der Waals surface area contributed by atoms with E-state index in [0.717, 1.165) is 48.3 Å². The topological polar surface area (TPSA) is 149 Å². The number of nitrogens with one attached hydrogen (secondary N) is 2. The van der Waals surface area contributed by atoms with Gasteiger partial charge in [0, 0.05) is 30.4 Å². The summed E-state index contributed by atoms with van der Waals surface area (Å²) in [6, 6.07) is 17.1. The summed E-state index contributed by atoms with van der Waals surface area (Å²) < 4.78 is 0. The lowest BCUT2D eigenvalue weighted by Gasteiger charge is -2.39. The SMILES string of the molecule is CCC(C)C(NC(=O)C1CCCCN1C)C(=O)N(Cc1ccccc1)C(CC(=O)c1nc(C(=O)NC(Cc2ccccc2)CC(C)C(=O)O)cs1)C(C)C. The minimum atomic E-state index is -0.946. The van der Waals surface area contributed by atoms with Crippen molar-refractivity contribution in [2.45, 2.75) is 110 Å². The molecule has 2 heterocycles. The second-order valence-corrected chi connectivity index (χ2v) is 16.0. The number of hydrogen-bond donors (Lipinski definition) is 3. The number of carbonyl (C=O) groups excluding carboxylic acids is 4. The zero-order valence-electron chi connectivity index (χ0n) is 32.5. The Labute approximate surface area is 323 Å². The molecule has 0 aliphatic carbocycles. The third-order valence-corrected chi connectivity index (χ3v) is 11.5. The minimum Gasteiger partial charge on any atom is -0.481 e. The lowest BCUT2D eigenvalue weighted by atomic mass is 9.92. The zero-order valence-corrected chi connectivity index (χ0v) is 33.3. The summed E-state index contributed by atoms with van der Waals surface area (Å²) in [6.07, 6.45) is 4.05. The number of amides is 3. The van der Waals surface area contributed by atoms with Crippen molar-refractivity contribution in [1.82, 2.24) is 25.4 Å². The average Bonchev–Trinajstić information content (AvgIpc) is 3.66. The third kappa shape index (κ3) is 11.8. The van der Waals surface area contributed by atoms with Crippen molar-refractivity contribution < 1.29 is 29.1 Å². The van der Waals surface area contributed by atoms with Crippen LogP contribution in [0.25, 0.3) is 0 Å². The maximum Gasteiger partial charge on any atom is 0.306 e. The molecule has 4 rings (SSSR count). The molecule has 6 atom stereocenters. The number of carboxylic acids is 1. The van der Waals surface area contributed by atoms with Crippen molar-refractivity contribution in [2.24, 2.45) is 17.8 Å². The second-order valence-electron chi connectivity index (χ2n) is 15.1. The maximum absolute atomic E-state index is 14.7. The van der Waals surface area contributed by atoms with Gasteiger partial charge in [-0.2, -0.15) is 0 Å². The van der Waals surface area contributed by atoms with Crippen molar-refractivity contribution in [2.75, 3.05) is 13.6 Å². The van der Waals surface area contributed by atoms with Crippen molar-refractivity contribution in [1.29, 1.82) is 0 Å². The van der Waals surface area contributed by atoms with Crippen LogP contribution in [0.2, 0.25) is 0 Å². The Morgan fingerprint density at radius 3 is 2.19 bits per heavy atom. The van der Waals surface area contributed by atoms with E-state index in [1.807, 2.05) is 95.4 Å². The summed E-state index contributed by atoms with van der Waals surface area (Å²) in [5, 5.41) is 17.3. The molecule has 1 saturated heterocycles. The van der Waals surface area contributed by atoms with Gasteiger partial charge in [-0.15, -0.1) is 11.3 Å². The number of likely N-dealkylation sites (tertiary alicyclic amines) is 1. The Morgan fingerprint density at radius 2 is 1.59 bits per heavy atom. The molecule has 292 valence electrons. The van der Waals surface area contributed by atoms with E-state index in [-0.39, 0.29) is 65.6 Å². The van der Waals surface area contributed by atoms with Crippen molar-refractivity contribution in [3.05, 3.63) is 87.9 Å². The molecule has 3 N–H and O–H groups in total. The lowest BCUT2D eigenvalue weighted by Crippen LogP contribution is -2.58. The van der Waals surface area contributed by atoms with Crippen molar-refractivity contribution in [3.8, 4) is 0 Å².